The second-order valence-electron chi connectivity index (χ2n) is 4.41. The summed E-state index contributed by atoms with van der Waals surface area (Å²) in [6.07, 6.45) is 2.38. The van der Waals surface area contributed by atoms with E-state index in [1.807, 2.05) is 24.3 Å². The first-order chi connectivity index (χ1) is 8.28. The highest BCUT2D eigenvalue weighted by molar-refractivity contribution is 5.78. The van der Waals surface area contributed by atoms with Gasteiger partial charge in [0.05, 0.1) is 13.2 Å². The number of amides is 1. The molecule has 2 rings (SSSR count). The number of carbonyl (C=O) groups excluding carboxylic acids is 1. The lowest BCUT2D eigenvalue weighted by molar-refractivity contribution is -0.120. The number of rotatable bonds is 6. The fourth-order valence-electron chi connectivity index (χ4n) is 1.55. The van der Waals surface area contributed by atoms with Crippen molar-refractivity contribution in [3.8, 4) is 0 Å². The van der Waals surface area contributed by atoms with Crippen LogP contribution in [0.1, 0.15) is 24.0 Å². The Bertz CT molecular complexity index is 372. The molecule has 4 nitrogen and oxygen atoms in total. The molecule has 4 heteroatoms. The van der Waals surface area contributed by atoms with Gasteiger partial charge in [0, 0.05) is 12.6 Å². The third-order valence-electron chi connectivity index (χ3n) is 2.82. The van der Waals surface area contributed by atoms with Gasteiger partial charge >= 0.3 is 0 Å². The molecule has 0 atom stereocenters. The number of aliphatic hydroxyl groups excluding tert-OH is 1. The van der Waals surface area contributed by atoms with Gasteiger partial charge in [-0.3, -0.25) is 4.79 Å². The molecular weight excluding hydrogens is 216 g/mol. The zero-order chi connectivity index (χ0) is 12.1. The van der Waals surface area contributed by atoms with Crippen LogP contribution < -0.4 is 10.6 Å². The third-order valence-corrected chi connectivity index (χ3v) is 2.82. The van der Waals surface area contributed by atoms with E-state index < -0.39 is 0 Å². The van der Waals surface area contributed by atoms with Gasteiger partial charge in [-0.25, -0.2) is 0 Å². The molecule has 1 amide bonds. The number of aliphatic hydroxyl groups is 1. The Morgan fingerprint density at radius 3 is 2.47 bits per heavy atom. The van der Waals surface area contributed by atoms with Crippen LogP contribution in [0.15, 0.2) is 24.3 Å². The lowest BCUT2D eigenvalue weighted by Crippen LogP contribution is -2.34. The van der Waals surface area contributed by atoms with E-state index in [9.17, 15) is 4.79 Å². The van der Waals surface area contributed by atoms with Gasteiger partial charge in [-0.05, 0) is 24.0 Å². The number of nitrogens with one attached hydrogen (secondary N) is 2. The summed E-state index contributed by atoms with van der Waals surface area (Å²) in [5.41, 5.74) is 1.93. The number of carbonyl (C=O) groups is 1. The molecule has 3 N–H and O–H groups in total. The summed E-state index contributed by atoms with van der Waals surface area (Å²) in [6.45, 7) is 0.994. The standard InChI is InChI=1S/C13H18N2O2/c16-9-11-3-1-10(2-4-11)7-15-13(17)8-14-12-5-6-12/h1-4,12,14,16H,5-9H2,(H,15,17). The van der Waals surface area contributed by atoms with Crippen LogP contribution in [0.4, 0.5) is 0 Å². The molecule has 92 valence electrons. The molecule has 1 aliphatic rings. The molecule has 1 aromatic carbocycles. The van der Waals surface area contributed by atoms with Crippen LogP contribution >= 0.6 is 0 Å². The maximum Gasteiger partial charge on any atom is 0.234 e. The van der Waals surface area contributed by atoms with Gasteiger partial charge in [-0.2, -0.15) is 0 Å². The van der Waals surface area contributed by atoms with Crippen LogP contribution in [-0.4, -0.2) is 23.6 Å². The molecule has 0 heterocycles. The Balaban J connectivity index is 1.70. The first kappa shape index (κ1) is 12.1. The summed E-state index contributed by atoms with van der Waals surface area (Å²) in [4.78, 5) is 11.5. The Morgan fingerprint density at radius 2 is 1.88 bits per heavy atom. The minimum Gasteiger partial charge on any atom is -0.392 e. The molecule has 0 aromatic heterocycles. The maximum atomic E-state index is 11.5. The van der Waals surface area contributed by atoms with E-state index in [2.05, 4.69) is 10.6 Å². The van der Waals surface area contributed by atoms with Crippen LogP contribution in [-0.2, 0) is 17.9 Å². The molecular formula is C13H18N2O2. The summed E-state index contributed by atoms with van der Waals surface area (Å²) in [7, 11) is 0. The van der Waals surface area contributed by atoms with E-state index in [1.165, 1.54) is 12.8 Å². The number of benzene rings is 1. The number of hydrogen-bond acceptors (Lipinski definition) is 3. The molecule has 1 saturated carbocycles. The molecule has 0 radical (unpaired) electrons. The molecule has 0 aliphatic heterocycles. The summed E-state index contributed by atoms with van der Waals surface area (Å²) in [5.74, 6) is 0.0307. The molecule has 0 unspecified atom stereocenters. The van der Waals surface area contributed by atoms with Crippen molar-refractivity contribution in [1.29, 1.82) is 0 Å². The van der Waals surface area contributed by atoms with Crippen molar-refractivity contribution in [2.24, 2.45) is 0 Å². The van der Waals surface area contributed by atoms with Gasteiger partial charge in [0.25, 0.3) is 0 Å². The predicted molar refractivity (Wildman–Crippen MR) is 65.2 cm³/mol. The lowest BCUT2D eigenvalue weighted by Gasteiger charge is -2.06. The summed E-state index contributed by atoms with van der Waals surface area (Å²) in [5, 5.41) is 14.9. The first-order valence-electron chi connectivity index (χ1n) is 5.96. The van der Waals surface area contributed by atoms with Crippen LogP contribution in [0.3, 0.4) is 0 Å². The average Bonchev–Trinajstić information content (AvgIpc) is 3.18. The van der Waals surface area contributed by atoms with Crippen LogP contribution in [0.25, 0.3) is 0 Å². The monoisotopic (exact) mass is 234 g/mol. The van der Waals surface area contributed by atoms with Gasteiger partial charge in [-0.1, -0.05) is 24.3 Å². The minimum atomic E-state index is 0.0307. The third kappa shape index (κ3) is 4.17. The van der Waals surface area contributed by atoms with Gasteiger partial charge in [-0.15, -0.1) is 0 Å². The Kier molecular flexibility index (Phi) is 4.12. The highest BCUT2D eigenvalue weighted by Crippen LogP contribution is 2.17. The topological polar surface area (TPSA) is 61.4 Å². The molecule has 0 saturated heterocycles. The second-order valence-corrected chi connectivity index (χ2v) is 4.41. The van der Waals surface area contributed by atoms with E-state index >= 15 is 0 Å². The molecule has 0 spiro atoms. The fourth-order valence-corrected chi connectivity index (χ4v) is 1.55. The van der Waals surface area contributed by atoms with Gasteiger partial charge < -0.3 is 15.7 Å². The highest BCUT2D eigenvalue weighted by atomic mass is 16.3. The normalized spacial score (nSPS) is 14.6. The van der Waals surface area contributed by atoms with E-state index in [-0.39, 0.29) is 12.5 Å². The van der Waals surface area contributed by atoms with Crippen molar-refractivity contribution in [3.63, 3.8) is 0 Å². The molecule has 1 aliphatic carbocycles. The Morgan fingerprint density at radius 1 is 1.24 bits per heavy atom. The fraction of sp³-hybridized carbons (Fsp3) is 0.462. The van der Waals surface area contributed by atoms with Crippen molar-refractivity contribution in [3.05, 3.63) is 35.4 Å². The van der Waals surface area contributed by atoms with Crippen LogP contribution in [0.2, 0.25) is 0 Å². The first-order valence-corrected chi connectivity index (χ1v) is 5.96. The quantitative estimate of drug-likeness (QED) is 0.673. The summed E-state index contributed by atoms with van der Waals surface area (Å²) < 4.78 is 0. The van der Waals surface area contributed by atoms with E-state index in [1.54, 1.807) is 0 Å². The van der Waals surface area contributed by atoms with Gasteiger partial charge in [0.2, 0.25) is 5.91 Å². The van der Waals surface area contributed by atoms with E-state index in [0.29, 0.717) is 19.1 Å². The second kappa shape index (κ2) is 5.80. The molecule has 1 aromatic rings. The van der Waals surface area contributed by atoms with E-state index in [4.69, 9.17) is 5.11 Å². The van der Waals surface area contributed by atoms with Crippen LogP contribution in [0.5, 0.6) is 0 Å². The lowest BCUT2D eigenvalue weighted by atomic mass is 10.1. The molecule has 0 bridgehead atoms. The largest absolute Gasteiger partial charge is 0.392 e. The zero-order valence-electron chi connectivity index (χ0n) is 9.78. The van der Waals surface area contributed by atoms with Gasteiger partial charge in [0.1, 0.15) is 0 Å². The SMILES string of the molecule is O=C(CNC1CC1)NCc1ccc(CO)cc1. The smallest absolute Gasteiger partial charge is 0.234 e. The summed E-state index contributed by atoms with van der Waals surface area (Å²) in [6, 6.07) is 8.12. The molecule has 1 fully saturated rings. The highest BCUT2D eigenvalue weighted by Gasteiger charge is 2.20. The predicted octanol–water partition coefficient (Wildman–Crippen LogP) is 0.547. The zero-order valence-corrected chi connectivity index (χ0v) is 9.78. The van der Waals surface area contributed by atoms with Crippen molar-refractivity contribution in [2.75, 3.05) is 6.54 Å². The van der Waals surface area contributed by atoms with Crippen molar-refractivity contribution in [2.45, 2.75) is 32.0 Å². The minimum absolute atomic E-state index is 0.0307. The van der Waals surface area contributed by atoms with Crippen molar-refractivity contribution < 1.29 is 9.90 Å². The Hall–Kier alpha value is -1.39. The van der Waals surface area contributed by atoms with Crippen molar-refractivity contribution in [1.82, 2.24) is 10.6 Å². The number of hydrogen-bond donors (Lipinski definition) is 3. The van der Waals surface area contributed by atoms with Crippen LogP contribution in [0, 0.1) is 0 Å². The molecule has 17 heavy (non-hydrogen) atoms. The average molecular weight is 234 g/mol. The summed E-state index contributed by atoms with van der Waals surface area (Å²) >= 11 is 0. The maximum absolute atomic E-state index is 11.5. The Labute approximate surface area is 101 Å². The van der Waals surface area contributed by atoms with Gasteiger partial charge in [0.15, 0.2) is 0 Å². The van der Waals surface area contributed by atoms with Crippen molar-refractivity contribution >= 4 is 5.91 Å². The van der Waals surface area contributed by atoms with E-state index in [0.717, 1.165) is 11.1 Å².